The van der Waals surface area contributed by atoms with Crippen LogP contribution in [0, 0.1) is 5.82 Å². The highest BCUT2D eigenvalue weighted by Gasteiger charge is 2.12. The van der Waals surface area contributed by atoms with E-state index < -0.39 is 22.5 Å². The number of benzene rings is 2. The first-order valence-electron chi connectivity index (χ1n) is 7.44. The maximum absolute atomic E-state index is 14.2. The van der Waals surface area contributed by atoms with E-state index in [-0.39, 0.29) is 41.7 Å². The second-order valence-electron chi connectivity index (χ2n) is 5.31. The molecule has 0 saturated carbocycles. The van der Waals surface area contributed by atoms with Gasteiger partial charge in [0.25, 0.3) is 0 Å². The van der Waals surface area contributed by atoms with Crippen LogP contribution in [-0.2, 0) is 21.3 Å². The molecule has 0 fully saturated rings. The van der Waals surface area contributed by atoms with Crippen molar-refractivity contribution in [3.05, 3.63) is 47.8 Å². The van der Waals surface area contributed by atoms with Gasteiger partial charge in [0, 0.05) is 22.9 Å². The van der Waals surface area contributed by atoms with Crippen molar-refractivity contribution in [3.63, 3.8) is 0 Å². The van der Waals surface area contributed by atoms with Crippen LogP contribution in [0.1, 0.15) is 5.56 Å². The van der Waals surface area contributed by atoms with E-state index in [1.165, 1.54) is 30.3 Å². The number of hydrogen-bond acceptors (Lipinski definition) is 5. The number of hydrogen-bond donors (Lipinski definition) is 4. The summed E-state index contributed by atoms with van der Waals surface area (Å²) in [5.74, 6) is -2.00. The summed E-state index contributed by atoms with van der Waals surface area (Å²) in [6.45, 7) is -0.125. The normalized spacial score (nSPS) is 11.9. The lowest BCUT2D eigenvalue weighted by Gasteiger charge is -2.08. The van der Waals surface area contributed by atoms with Gasteiger partial charge in [0.05, 0.1) is 12.4 Å². The smallest absolute Gasteiger partial charge is 0.232 e. The van der Waals surface area contributed by atoms with Gasteiger partial charge in [-0.25, -0.2) is 4.39 Å². The number of rotatable bonds is 7. The van der Waals surface area contributed by atoms with Crippen molar-refractivity contribution in [1.82, 2.24) is 5.32 Å². The molecule has 0 bridgehead atoms. The van der Waals surface area contributed by atoms with E-state index in [2.05, 4.69) is 5.32 Å². The summed E-state index contributed by atoms with van der Waals surface area (Å²) >= 11 is 0. The number of phenolic OH excluding ortho intramolecular Hbond substituents is 2. The molecule has 0 spiro atoms. The molecule has 0 aliphatic carbocycles. The Labute approximate surface area is 146 Å². The Kier molecular flexibility index (Phi) is 6.49. The zero-order valence-electron chi connectivity index (χ0n) is 13.2. The van der Waals surface area contributed by atoms with Crippen LogP contribution >= 0.6 is 0 Å². The second-order valence-corrected chi connectivity index (χ2v) is 6.77. The molecule has 0 radical (unpaired) electrons. The quantitative estimate of drug-likeness (QED) is 0.551. The first-order chi connectivity index (χ1) is 11.9. The Morgan fingerprint density at radius 2 is 1.76 bits per heavy atom. The Morgan fingerprint density at radius 3 is 2.40 bits per heavy atom. The van der Waals surface area contributed by atoms with Gasteiger partial charge in [-0.1, -0.05) is 18.2 Å². The number of aliphatic hydroxyl groups excluding tert-OH is 1. The summed E-state index contributed by atoms with van der Waals surface area (Å²) in [5, 5.41) is 29.8. The lowest BCUT2D eigenvalue weighted by atomic mass is 10.0. The zero-order chi connectivity index (χ0) is 18.4. The van der Waals surface area contributed by atoms with E-state index in [9.17, 15) is 23.6 Å². The average Bonchev–Trinajstić information content (AvgIpc) is 2.57. The number of aliphatic hydroxyl groups is 1. The van der Waals surface area contributed by atoms with Crippen molar-refractivity contribution >= 4 is 16.7 Å². The topological polar surface area (TPSA) is 107 Å². The molecule has 25 heavy (non-hydrogen) atoms. The summed E-state index contributed by atoms with van der Waals surface area (Å²) in [6.07, 6.45) is 0. The predicted octanol–water partition coefficient (Wildman–Crippen LogP) is 1.26. The van der Waals surface area contributed by atoms with Crippen molar-refractivity contribution in [2.75, 3.05) is 18.9 Å². The number of carbonyl (C=O) groups is 1. The number of amides is 1. The molecule has 1 atom stereocenters. The van der Waals surface area contributed by atoms with E-state index in [1.54, 1.807) is 6.07 Å². The van der Waals surface area contributed by atoms with Crippen LogP contribution in [-0.4, -0.2) is 44.3 Å². The molecule has 1 unspecified atom stereocenters. The van der Waals surface area contributed by atoms with Gasteiger partial charge in [0.1, 0.15) is 11.6 Å². The summed E-state index contributed by atoms with van der Waals surface area (Å²) in [7, 11) is -1.58. The van der Waals surface area contributed by atoms with Gasteiger partial charge in [-0.3, -0.25) is 9.00 Å². The Bertz CT molecular complexity index is 797. The van der Waals surface area contributed by atoms with Gasteiger partial charge in [0.2, 0.25) is 5.91 Å². The molecule has 6 nitrogen and oxygen atoms in total. The minimum Gasteiger partial charge on any atom is -0.504 e. The van der Waals surface area contributed by atoms with Gasteiger partial charge in [0.15, 0.2) is 11.5 Å². The zero-order valence-corrected chi connectivity index (χ0v) is 14.1. The average molecular weight is 367 g/mol. The monoisotopic (exact) mass is 367 g/mol. The number of halogens is 1. The highest BCUT2D eigenvalue weighted by molar-refractivity contribution is 7.84. The number of aromatic hydroxyl groups is 2. The third-order valence-electron chi connectivity index (χ3n) is 3.40. The highest BCUT2D eigenvalue weighted by atomic mass is 32.2. The van der Waals surface area contributed by atoms with Crippen LogP contribution in [0.3, 0.4) is 0 Å². The molecule has 134 valence electrons. The molecule has 1 amide bonds. The van der Waals surface area contributed by atoms with Crippen LogP contribution in [0.2, 0.25) is 0 Å². The van der Waals surface area contributed by atoms with E-state index in [0.717, 1.165) is 0 Å². The summed E-state index contributed by atoms with van der Waals surface area (Å²) in [6, 6.07) is 8.46. The fraction of sp³-hybridized carbons (Fsp3) is 0.235. The van der Waals surface area contributed by atoms with Gasteiger partial charge < -0.3 is 20.6 Å². The Morgan fingerprint density at radius 1 is 1.08 bits per heavy atom. The first kappa shape index (κ1) is 18.9. The van der Waals surface area contributed by atoms with Crippen molar-refractivity contribution in [2.45, 2.75) is 5.75 Å². The minimum absolute atomic E-state index is 0.0819. The highest BCUT2D eigenvalue weighted by Crippen LogP contribution is 2.31. The second kappa shape index (κ2) is 8.59. The van der Waals surface area contributed by atoms with Crippen LogP contribution in [0.25, 0.3) is 11.1 Å². The van der Waals surface area contributed by atoms with E-state index >= 15 is 0 Å². The third-order valence-corrected chi connectivity index (χ3v) is 4.62. The molecule has 4 N–H and O–H groups in total. The maximum Gasteiger partial charge on any atom is 0.232 e. The minimum atomic E-state index is -1.58. The summed E-state index contributed by atoms with van der Waals surface area (Å²) < 4.78 is 26.2. The molecule has 0 aliphatic rings. The van der Waals surface area contributed by atoms with Crippen molar-refractivity contribution in [1.29, 1.82) is 0 Å². The molecule has 0 aromatic heterocycles. The fourth-order valence-corrected chi connectivity index (χ4v) is 3.24. The number of nitrogens with one attached hydrogen (secondary N) is 1. The van der Waals surface area contributed by atoms with Crippen LogP contribution in [0.5, 0.6) is 11.5 Å². The van der Waals surface area contributed by atoms with Gasteiger partial charge in [-0.05, 0) is 29.3 Å². The van der Waals surface area contributed by atoms with E-state index in [4.69, 9.17) is 5.11 Å². The standard InChI is InChI=1S/C17H18FNO5S/c18-14-7-11(12-3-4-15(21)16(22)8-12)1-2-13(14)9-25(24)10-17(23)19-5-6-20/h1-4,7-8,20-22H,5-6,9-10H2,(H,19,23). The summed E-state index contributed by atoms with van der Waals surface area (Å²) in [5.41, 5.74) is 1.22. The van der Waals surface area contributed by atoms with Crippen LogP contribution in [0.4, 0.5) is 4.39 Å². The van der Waals surface area contributed by atoms with E-state index in [0.29, 0.717) is 11.1 Å². The maximum atomic E-state index is 14.2. The molecule has 2 aromatic carbocycles. The lowest BCUT2D eigenvalue weighted by Crippen LogP contribution is -2.30. The molecule has 0 heterocycles. The molecule has 2 aromatic rings. The lowest BCUT2D eigenvalue weighted by molar-refractivity contribution is -0.118. The van der Waals surface area contributed by atoms with E-state index in [1.807, 2.05) is 0 Å². The third kappa shape index (κ3) is 5.27. The van der Waals surface area contributed by atoms with Crippen LogP contribution < -0.4 is 5.32 Å². The molecular formula is C17H18FNO5S. The predicted molar refractivity (Wildman–Crippen MR) is 92.0 cm³/mol. The SMILES string of the molecule is O=C(CS(=O)Cc1ccc(-c2ccc(O)c(O)c2)cc1F)NCCO. The molecular weight excluding hydrogens is 349 g/mol. The molecule has 0 aliphatic heterocycles. The fourth-order valence-electron chi connectivity index (χ4n) is 2.16. The van der Waals surface area contributed by atoms with Crippen molar-refractivity contribution < 1.29 is 28.7 Å². The van der Waals surface area contributed by atoms with Gasteiger partial charge in [-0.2, -0.15) is 0 Å². The van der Waals surface area contributed by atoms with Gasteiger partial charge in [-0.15, -0.1) is 0 Å². The number of phenols is 2. The largest absolute Gasteiger partial charge is 0.504 e. The Balaban J connectivity index is 2.07. The van der Waals surface area contributed by atoms with Crippen LogP contribution in [0.15, 0.2) is 36.4 Å². The van der Waals surface area contributed by atoms with Crippen molar-refractivity contribution in [2.24, 2.45) is 0 Å². The van der Waals surface area contributed by atoms with Gasteiger partial charge >= 0.3 is 0 Å². The Hall–Kier alpha value is -2.45. The van der Waals surface area contributed by atoms with Crippen molar-refractivity contribution in [3.8, 4) is 22.6 Å². The number of carbonyl (C=O) groups excluding carboxylic acids is 1. The molecule has 2 rings (SSSR count). The molecule has 8 heteroatoms. The molecule has 0 saturated heterocycles. The summed E-state index contributed by atoms with van der Waals surface area (Å²) in [4.78, 5) is 11.4. The first-order valence-corrected chi connectivity index (χ1v) is 8.93.